The summed E-state index contributed by atoms with van der Waals surface area (Å²) in [6.07, 6.45) is 1.61. The van der Waals surface area contributed by atoms with Gasteiger partial charge in [-0.05, 0) is 32.0 Å². The first kappa shape index (κ1) is 20.2. The van der Waals surface area contributed by atoms with E-state index in [-0.39, 0.29) is 0 Å². The van der Waals surface area contributed by atoms with Gasteiger partial charge in [-0.15, -0.1) is 11.3 Å². The van der Waals surface area contributed by atoms with E-state index < -0.39 is 24.0 Å². The molecule has 0 aliphatic rings. The summed E-state index contributed by atoms with van der Waals surface area (Å²) in [7, 11) is 0. The van der Waals surface area contributed by atoms with Crippen molar-refractivity contribution in [2.75, 3.05) is 10.6 Å². The summed E-state index contributed by atoms with van der Waals surface area (Å²) in [4.78, 5) is 25.0. The molecule has 0 spiro atoms. The average molecular weight is 387 g/mol. The second-order valence-electron chi connectivity index (χ2n) is 5.77. The molecule has 0 aliphatic carbocycles. The number of carbonyl (C=O) groups is 2. The minimum Gasteiger partial charge on any atom is -0.480 e. The molecule has 0 saturated carbocycles. The van der Waals surface area contributed by atoms with Crippen LogP contribution >= 0.6 is 11.3 Å². The van der Waals surface area contributed by atoms with Gasteiger partial charge in [0.25, 0.3) is 0 Å². The zero-order valence-electron chi connectivity index (χ0n) is 14.9. The number of carboxylic acid groups (broad SMARTS) is 2. The highest BCUT2D eigenvalue weighted by Gasteiger charge is 2.12. The minimum absolute atomic E-state index is 0.567. The van der Waals surface area contributed by atoms with Crippen molar-refractivity contribution >= 4 is 44.9 Å². The van der Waals surface area contributed by atoms with Crippen LogP contribution in [0.15, 0.2) is 54.0 Å². The molecule has 27 heavy (non-hydrogen) atoms. The molecule has 0 fully saturated rings. The third-order valence-corrected chi connectivity index (χ3v) is 4.59. The van der Waals surface area contributed by atoms with Gasteiger partial charge in [-0.1, -0.05) is 24.3 Å². The first-order chi connectivity index (χ1) is 12.9. The lowest BCUT2D eigenvalue weighted by Crippen LogP contribution is -2.25. The molecule has 1 aromatic carbocycles. The molecule has 0 bridgehead atoms. The Balaban J connectivity index is 0.000000199. The van der Waals surface area contributed by atoms with Gasteiger partial charge in [-0.3, -0.25) is 9.59 Å². The van der Waals surface area contributed by atoms with Gasteiger partial charge in [0.1, 0.15) is 17.9 Å². The lowest BCUT2D eigenvalue weighted by Gasteiger charge is -2.09. The highest BCUT2D eigenvalue weighted by atomic mass is 32.1. The topological polar surface area (TPSA) is 112 Å². The monoisotopic (exact) mass is 387 g/mol. The Morgan fingerprint density at radius 1 is 0.963 bits per heavy atom. The highest BCUT2D eigenvalue weighted by Crippen LogP contribution is 2.30. The fraction of sp³-hybridized carbons (Fsp3) is 0.211. The number of hydrogen-bond donors (Lipinski definition) is 4. The lowest BCUT2D eigenvalue weighted by molar-refractivity contribution is -0.138. The SMILES string of the molecule is CC(Nc1ccccn1)C(=O)O.CC(Nc1csc2ccccc12)C(=O)O. The van der Waals surface area contributed by atoms with Gasteiger partial charge >= 0.3 is 11.9 Å². The van der Waals surface area contributed by atoms with Crippen LogP contribution in [0.2, 0.25) is 0 Å². The van der Waals surface area contributed by atoms with Crippen LogP contribution in [0.3, 0.4) is 0 Å². The Morgan fingerprint density at radius 2 is 1.59 bits per heavy atom. The standard InChI is InChI=1S/C11H11NO2S.C8H10N2O2/c1-7(11(13)14)12-9-6-15-10-5-3-2-4-8(9)10;1-6(8(11)12)10-7-4-2-3-5-9-7/h2-7,12H,1H3,(H,13,14);2-6H,1H3,(H,9,10)(H,11,12). The number of fused-ring (bicyclic) bond motifs is 1. The molecule has 0 saturated heterocycles. The van der Waals surface area contributed by atoms with E-state index in [1.807, 2.05) is 29.6 Å². The van der Waals surface area contributed by atoms with E-state index in [1.165, 1.54) is 0 Å². The van der Waals surface area contributed by atoms with Gasteiger partial charge in [0.05, 0.1) is 5.69 Å². The third-order valence-electron chi connectivity index (χ3n) is 3.62. The first-order valence-corrected chi connectivity index (χ1v) is 9.12. The summed E-state index contributed by atoms with van der Waals surface area (Å²) in [6, 6.07) is 12.1. The van der Waals surface area contributed by atoms with Crippen molar-refractivity contribution in [2.24, 2.45) is 0 Å². The number of carboxylic acids is 2. The quantitative estimate of drug-likeness (QED) is 0.509. The van der Waals surface area contributed by atoms with Crippen molar-refractivity contribution in [1.82, 2.24) is 4.98 Å². The normalized spacial score (nSPS) is 12.4. The summed E-state index contributed by atoms with van der Waals surface area (Å²) >= 11 is 1.61. The maximum atomic E-state index is 10.7. The fourth-order valence-electron chi connectivity index (χ4n) is 2.12. The van der Waals surface area contributed by atoms with Crippen molar-refractivity contribution in [3.05, 3.63) is 54.0 Å². The van der Waals surface area contributed by atoms with Crippen molar-refractivity contribution < 1.29 is 19.8 Å². The second kappa shape index (κ2) is 9.54. The molecule has 2 aromatic heterocycles. The Bertz CT molecular complexity index is 898. The molecule has 2 unspecified atom stereocenters. The smallest absolute Gasteiger partial charge is 0.325 e. The van der Waals surface area contributed by atoms with Crippen molar-refractivity contribution in [1.29, 1.82) is 0 Å². The van der Waals surface area contributed by atoms with E-state index in [0.717, 1.165) is 15.8 Å². The summed E-state index contributed by atoms with van der Waals surface area (Å²) in [5, 5.41) is 26.1. The van der Waals surface area contributed by atoms with Crippen LogP contribution in [0, 0.1) is 0 Å². The van der Waals surface area contributed by atoms with Gasteiger partial charge < -0.3 is 20.8 Å². The van der Waals surface area contributed by atoms with Gasteiger partial charge in [-0.25, -0.2) is 4.98 Å². The number of anilines is 2. The van der Waals surface area contributed by atoms with Gasteiger partial charge in [0, 0.05) is 21.7 Å². The van der Waals surface area contributed by atoms with Crippen molar-refractivity contribution in [3.8, 4) is 0 Å². The highest BCUT2D eigenvalue weighted by molar-refractivity contribution is 7.17. The number of rotatable bonds is 6. The molecule has 2 heterocycles. The summed E-state index contributed by atoms with van der Waals surface area (Å²) in [5.74, 6) is -1.15. The molecule has 0 amide bonds. The first-order valence-electron chi connectivity index (χ1n) is 8.24. The Hall–Kier alpha value is -3.13. The van der Waals surface area contributed by atoms with Crippen LogP contribution in [-0.4, -0.2) is 39.2 Å². The predicted molar refractivity (Wildman–Crippen MR) is 108 cm³/mol. The van der Waals surface area contributed by atoms with Crippen LogP contribution in [-0.2, 0) is 9.59 Å². The molecule has 142 valence electrons. The summed E-state index contributed by atoms with van der Waals surface area (Å²) in [6.45, 7) is 3.20. The number of nitrogens with one attached hydrogen (secondary N) is 2. The molecule has 8 heteroatoms. The van der Waals surface area contributed by atoms with Crippen molar-refractivity contribution in [2.45, 2.75) is 25.9 Å². The van der Waals surface area contributed by atoms with Gasteiger partial charge in [0.2, 0.25) is 0 Å². The maximum Gasteiger partial charge on any atom is 0.325 e. The maximum absolute atomic E-state index is 10.7. The van der Waals surface area contributed by atoms with Crippen LogP contribution in [0.4, 0.5) is 11.5 Å². The van der Waals surface area contributed by atoms with Crippen LogP contribution in [0.25, 0.3) is 10.1 Å². The van der Waals surface area contributed by atoms with E-state index in [2.05, 4.69) is 15.6 Å². The van der Waals surface area contributed by atoms with E-state index in [9.17, 15) is 9.59 Å². The number of hydrogen-bond acceptors (Lipinski definition) is 6. The van der Waals surface area contributed by atoms with Crippen LogP contribution < -0.4 is 10.6 Å². The van der Waals surface area contributed by atoms with Gasteiger partial charge in [-0.2, -0.15) is 0 Å². The fourth-order valence-corrected chi connectivity index (χ4v) is 3.02. The Kier molecular flexibility index (Phi) is 7.13. The molecule has 3 rings (SSSR count). The second-order valence-corrected chi connectivity index (χ2v) is 6.68. The number of aromatic nitrogens is 1. The molecule has 2 atom stereocenters. The molecule has 0 aliphatic heterocycles. The predicted octanol–water partition coefficient (Wildman–Crippen LogP) is 3.75. The number of nitrogens with zero attached hydrogens (tertiary/aromatic N) is 1. The number of aliphatic carboxylic acids is 2. The van der Waals surface area contributed by atoms with Crippen LogP contribution in [0.5, 0.6) is 0 Å². The minimum atomic E-state index is -0.888. The average Bonchev–Trinajstić information content (AvgIpc) is 3.06. The van der Waals surface area contributed by atoms with E-state index in [1.54, 1.807) is 49.6 Å². The van der Waals surface area contributed by atoms with E-state index in [4.69, 9.17) is 10.2 Å². The Morgan fingerprint density at radius 3 is 2.22 bits per heavy atom. The Labute approximate surface area is 160 Å². The molecule has 7 nitrogen and oxygen atoms in total. The molecular formula is C19H21N3O4S. The zero-order valence-corrected chi connectivity index (χ0v) is 15.7. The molecule has 0 radical (unpaired) electrons. The molecule has 4 N–H and O–H groups in total. The molecule has 3 aromatic rings. The van der Waals surface area contributed by atoms with E-state index in [0.29, 0.717) is 5.82 Å². The number of thiophene rings is 1. The molecular weight excluding hydrogens is 366 g/mol. The van der Waals surface area contributed by atoms with Crippen molar-refractivity contribution in [3.63, 3.8) is 0 Å². The zero-order chi connectivity index (χ0) is 19.8. The number of pyridine rings is 1. The summed E-state index contributed by atoms with van der Waals surface area (Å²) < 4.78 is 1.16. The van der Waals surface area contributed by atoms with Crippen LogP contribution in [0.1, 0.15) is 13.8 Å². The number of benzene rings is 1. The third kappa shape index (κ3) is 5.96. The summed E-state index contributed by atoms with van der Waals surface area (Å²) in [5.41, 5.74) is 0.894. The largest absolute Gasteiger partial charge is 0.480 e. The lowest BCUT2D eigenvalue weighted by atomic mass is 10.2. The van der Waals surface area contributed by atoms with E-state index >= 15 is 0 Å². The van der Waals surface area contributed by atoms with Gasteiger partial charge in [0.15, 0.2) is 0 Å².